The fraction of sp³-hybridized carbons (Fsp3) is 0.533. The topological polar surface area (TPSA) is 73.6 Å². The van der Waals surface area contributed by atoms with E-state index in [4.69, 9.17) is 15.2 Å². The van der Waals surface area contributed by atoms with Crippen LogP contribution in [0.1, 0.15) is 25.7 Å². The van der Waals surface area contributed by atoms with Crippen molar-refractivity contribution in [3.05, 3.63) is 24.3 Å². The third-order valence-corrected chi connectivity index (χ3v) is 3.95. The number of hydrogen-bond donors (Lipinski definition) is 2. The molecule has 3 rings (SSSR count). The Labute approximate surface area is 118 Å². The highest BCUT2D eigenvalue weighted by molar-refractivity contribution is 5.82. The third-order valence-electron chi connectivity index (χ3n) is 3.95. The number of amides is 1. The lowest BCUT2D eigenvalue weighted by atomic mass is 9.91. The van der Waals surface area contributed by atoms with Gasteiger partial charge in [0.1, 0.15) is 6.61 Å². The number of fused-ring (bicyclic) bond motifs is 1. The molecule has 0 spiro atoms. The second-order valence-electron chi connectivity index (χ2n) is 5.43. The van der Waals surface area contributed by atoms with E-state index in [2.05, 4.69) is 5.32 Å². The Bertz CT molecular complexity index is 492. The van der Waals surface area contributed by atoms with Gasteiger partial charge in [-0.3, -0.25) is 4.79 Å². The van der Waals surface area contributed by atoms with E-state index in [0.29, 0.717) is 11.5 Å². The molecule has 2 aliphatic rings. The molecular formula is C15H20N2O3. The normalized spacial score (nSPS) is 28.8. The minimum atomic E-state index is -0.598. The molecule has 1 aliphatic carbocycles. The number of benzene rings is 1. The van der Waals surface area contributed by atoms with Crippen molar-refractivity contribution in [3.8, 4) is 11.5 Å². The van der Waals surface area contributed by atoms with Gasteiger partial charge in [-0.05, 0) is 25.0 Å². The molecule has 0 unspecified atom stereocenters. The van der Waals surface area contributed by atoms with Gasteiger partial charge in [-0.1, -0.05) is 25.0 Å². The summed E-state index contributed by atoms with van der Waals surface area (Å²) in [6, 6.07) is 7.48. The van der Waals surface area contributed by atoms with E-state index in [9.17, 15) is 4.79 Å². The molecule has 20 heavy (non-hydrogen) atoms. The van der Waals surface area contributed by atoms with Crippen LogP contribution in [0.25, 0.3) is 0 Å². The molecule has 0 saturated heterocycles. The van der Waals surface area contributed by atoms with Crippen molar-refractivity contribution in [3.63, 3.8) is 0 Å². The number of nitrogens with two attached hydrogens (primary N) is 1. The molecule has 3 atom stereocenters. The molecular weight excluding hydrogens is 256 g/mol. The lowest BCUT2D eigenvalue weighted by molar-refractivity contribution is -0.131. The van der Waals surface area contributed by atoms with E-state index in [-0.39, 0.29) is 24.6 Å². The van der Waals surface area contributed by atoms with Gasteiger partial charge >= 0.3 is 0 Å². The Morgan fingerprint density at radius 3 is 2.75 bits per heavy atom. The maximum absolute atomic E-state index is 12.3. The molecule has 0 bridgehead atoms. The van der Waals surface area contributed by atoms with Crippen molar-refractivity contribution in [2.45, 2.75) is 43.9 Å². The summed E-state index contributed by atoms with van der Waals surface area (Å²) in [6.07, 6.45) is 3.57. The zero-order valence-corrected chi connectivity index (χ0v) is 11.4. The standard InChI is InChI=1S/C15H20N2O3/c16-10-5-1-2-6-11(10)17-15(18)14-9-19-12-7-3-4-8-13(12)20-14/h3-4,7-8,10-11,14H,1-2,5-6,9,16H2,(H,17,18)/t10-,11-,14+/m1/s1. The van der Waals surface area contributed by atoms with Gasteiger partial charge in [0.15, 0.2) is 11.5 Å². The SMILES string of the molecule is N[C@@H]1CCCC[C@H]1NC(=O)[C@@H]1COc2ccccc2O1. The van der Waals surface area contributed by atoms with Crippen LogP contribution in [0.3, 0.4) is 0 Å². The highest BCUT2D eigenvalue weighted by Gasteiger charge is 2.31. The molecule has 5 heteroatoms. The molecule has 108 valence electrons. The fourth-order valence-electron chi connectivity index (χ4n) is 2.76. The van der Waals surface area contributed by atoms with Gasteiger partial charge < -0.3 is 20.5 Å². The Hall–Kier alpha value is -1.75. The number of carbonyl (C=O) groups excluding carboxylic acids is 1. The second kappa shape index (κ2) is 5.71. The van der Waals surface area contributed by atoms with Gasteiger partial charge in [0.25, 0.3) is 5.91 Å². The summed E-state index contributed by atoms with van der Waals surface area (Å²) < 4.78 is 11.2. The summed E-state index contributed by atoms with van der Waals surface area (Å²) in [6.45, 7) is 0.241. The van der Waals surface area contributed by atoms with Gasteiger partial charge in [0.2, 0.25) is 6.10 Å². The van der Waals surface area contributed by atoms with Crippen molar-refractivity contribution in [1.29, 1.82) is 0 Å². The summed E-state index contributed by atoms with van der Waals surface area (Å²) in [5.41, 5.74) is 6.05. The van der Waals surface area contributed by atoms with Gasteiger partial charge in [0.05, 0.1) is 0 Å². The van der Waals surface area contributed by atoms with Crippen LogP contribution in [0, 0.1) is 0 Å². The largest absolute Gasteiger partial charge is 0.485 e. The Kier molecular flexibility index (Phi) is 3.78. The van der Waals surface area contributed by atoms with Crippen LogP contribution in [0.2, 0.25) is 0 Å². The number of nitrogens with one attached hydrogen (secondary N) is 1. The Balaban J connectivity index is 1.61. The fourth-order valence-corrected chi connectivity index (χ4v) is 2.76. The first-order valence-electron chi connectivity index (χ1n) is 7.18. The van der Waals surface area contributed by atoms with Gasteiger partial charge in [-0.15, -0.1) is 0 Å². The maximum Gasteiger partial charge on any atom is 0.264 e. The number of para-hydroxylation sites is 2. The van der Waals surface area contributed by atoms with E-state index >= 15 is 0 Å². The predicted molar refractivity (Wildman–Crippen MR) is 74.7 cm³/mol. The van der Waals surface area contributed by atoms with Crippen LogP contribution in [-0.2, 0) is 4.79 Å². The monoisotopic (exact) mass is 276 g/mol. The average molecular weight is 276 g/mol. The zero-order chi connectivity index (χ0) is 13.9. The van der Waals surface area contributed by atoms with Crippen LogP contribution in [0.5, 0.6) is 11.5 Å². The zero-order valence-electron chi connectivity index (χ0n) is 11.4. The van der Waals surface area contributed by atoms with Crippen molar-refractivity contribution in [1.82, 2.24) is 5.32 Å². The summed E-state index contributed by atoms with van der Waals surface area (Å²) in [5, 5.41) is 3.00. The van der Waals surface area contributed by atoms with Crippen LogP contribution >= 0.6 is 0 Å². The quantitative estimate of drug-likeness (QED) is 0.851. The molecule has 5 nitrogen and oxygen atoms in total. The molecule has 1 amide bonds. The van der Waals surface area contributed by atoms with Crippen molar-refractivity contribution >= 4 is 5.91 Å². The van der Waals surface area contributed by atoms with E-state index in [1.165, 1.54) is 0 Å². The molecule has 1 aliphatic heterocycles. The summed E-state index contributed by atoms with van der Waals surface area (Å²) in [5.74, 6) is 1.17. The van der Waals surface area contributed by atoms with Gasteiger partial charge in [-0.2, -0.15) is 0 Å². The highest BCUT2D eigenvalue weighted by atomic mass is 16.6. The lowest BCUT2D eigenvalue weighted by Crippen LogP contribution is -2.54. The third kappa shape index (κ3) is 2.72. The predicted octanol–water partition coefficient (Wildman–Crippen LogP) is 1.21. The maximum atomic E-state index is 12.3. The van der Waals surface area contributed by atoms with E-state index in [1.54, 1.807) is 6.07 Å². The summed E-state index contributed by atoms with van der Waals surface area (Å²) >= 11 is 0. The first kappa shape index (κ1) is 13.2. The van der Waals surface area contributed by atoms with Crippen molar-refractivity contribution in [2.24, 2.45) is 5.73 Å². The van der Waals surface area contributed by atoms with Crippen LogP contribution in [0.4, 0.5) is 0 Å². The lowest BCUT2D eigenvalue weighted by Gasteiger charge is -2.32. The van der Waals surface area contributed by atoms with Crippen LogP contribution in [0.15, 0.2) is 24.3 Å². The van der Waals surface area contributed by atoms with Gasteiger partial charge in [0, 0.05) is 12.1 Å². The van der Waals surface area contributed by atoms with E-state index in [0.717, 1.165) is 25.7 Å². The molecule has 1 heterocycles. The second-order valence-corrected chi connectivity index (χ2v) is 5.43. The molecule has 1 saturated carbocycles. The molecule has 3 N–H and O–H groups in total. The van der Waals surface area contributed by atoms with Crippen LogP contribution in [-0.4, -0.2) is 30.7 Å². The van der Waals surface area contributed by atoms with Crippen molar-refractivity contribution in [2.75, 3.05) is 6.61 Å². The Morgan fingerprint density at radius 1 is 1.20 bits per heavy atom. The number of hydrogen-bond acceptors (Lipinski definition) is 4. The first-order chi connectivity index (χ1) is 9.74. The smallest absolute Gasteiger partial charge is 0.264 e. The van der Waals surface area contributed by atoms with E-state index < -0.39 is 6.10 Å². The number of carbonyl (C=O) groups is 1. The molecule has 1 fully saturated rings. The molecule has 0 aromatic heterocycles. The average Bonchev–Trinajstić information content (AvgIpc) is 2.49. The highest BCUT2D eigenvalue weighted by Crippen LogP contribution is 2.31. The Morgan fingerprint density at radius 2 is 1.95 bits per heavy atom. The summed E-state index contributed by atoms with van der Waals surface area (Å²) in [4.78, 5) is 12.3. The summed E-state index contributed by atoms with van der Waals surface area (Å²) in [7, 11) is 0. The first-order valence-corrected chi connectivity index (χ1v) is 7.18. The molecule has 0 radical (unpaired) electrons. The molecule has 1 aromatic carbocycles. The van der Waals surface area contributed by atoms with Crippen molar-refractivity contribution < 1.29 is 14.3 Å². The van der Waals surface area contributed by atoms with Gasteiger partial charge in [-0.25, -0.2) is 0 Å². The van der Waals surface area contributed by atoms with E-state index in [1.807, 2.05) is 18.2 Å². The number of rotatable bonds is 2. The minimum absolute atomic E-state index is 0.0458. The van der Waals surface area contributed by atoms with Crippen LogP contribution < -0.4 is 20.5 Å². The number of ether oxygens (including phenoxy) is 2. The molecule has 1 aromatic rings. The minimum Gasteiger partial charge on any atom is -0.485 e.